The highest BCUT2D eigenvalue weighted by Gasteiger charge is 2.22. The van der Waals surface area contributed by atoms with Crippen molar-refractivity contribution in [2.75, 3.05) is 7.05 Å². The zero-order chi connectivity index (χ0) is 14.6. The maximum atomic E-state index is 11.9. The molecule has 4 nitrogen and oxygen atoms in total. The van der Waals surface area contributed by atoms with Crippen LogP contribution in [0.2, 0.25) is 0 Å². The second kappa shape index (κ2) is 5.95. The van der Waals surface area contributed by atoms with Gasteiger partial charge in [0.15, 0.2) is 0 Å². The number of likely N-dealkylation sites (N-methyl/N-ethyl adjacent to an activating group) is 1. The van der Waals surface area contributed by atoms with Crippen LogP contribution in [0.1, 0.15) is 33.3 Å². The van der Waals surface area contributed by atoms with E-state index in [4.69, 9.17) is 4.74 Å². The maximum absolute atomic E-state index is 11.9. The van der Waals surface area contributed by atoms with E-state index in [9.17, 15) is 9.90 Å². The van der Waals surface area contributed by atoms with Gasteiger partial charge in [0.05, 0.1) is 0 Å². The Morgan fingerprint density at radius 2 is 1.84 bits per heavy atom. The van der Waals surface area contributed by atoms with Crippen molar-refractivity contribution in [1.82, 2.24) is 4.90 Å². The fourth-order valence-electron chi connectivity index (χ4n) is 1.62. The van der Waals surface area contributed by atoms with Crippen LogP contribution in [0.25, 0.3) is 0 Å². The van der Waals surface area contributed by atoms with Gasteiger partial charge in [0.1, 0.15) is 11.4 Å². The lowest BCUT2D eigenvalue weighted by Gasteiger charge is -2.28. The van der Waals surface area contributed by atoms with Crippen LogP contribution in [-0.2, 0) is 11.2 Å². The van der Waals surface area contributed by atoms with Crippen LogP contribution < -0.4 is 0 Å². The second-order valence-electron chi connectivity index (χ2n) is 5.81. The summed E-state index contributed by atoms with van der Waals surface area (Å²) in [6.07, 6.45) is 0.398. The topological polar surface area (TPSA) is 49.8 Å². The average Bonchev–Trinajstić information content (AvgIpc) is 2.28. The quantitative estimate of drug-likeness (QED) is 0.913. The molecule has 106 valence electrons. The predicted octanol–water partition coefficient (Wildman–Crippen LogP) is 3.19. The van der Waals surface area contributed by atoms with E-state index in [2.05, 4.69) is 0 Å². The molecular formula is C15H23NO3. The van der Waals surface area contributed by atoms with Gasteiger partial charge < -0.3 is 14.7 Å². The molecule has 1 atom stereocenters. The first-order valence-electron chi connectivity index (χ1n) is 6.43. The highest BCUT2D eigenvalue weighted by molar-refractivity contribution is 5.68. The van der Waals surface area contributed by atoms with Gasteiger partial charge in [-0.2, -0.15) is 0 Å². The summed E-state index contributed by atoms with van der Waals surface area (Å²) in [6.45, 7) is 7.52. The number of amides is 1. The number of phenolic OH excluding ortho intramolecular Hbond substituents is 1. The third-order valence-corrected chi connectivity index (χ3v) is 2.81. The number of carbonyl (C=O) groups is 1. The lowest BCUT2D eigenvalue weighted by molar-refractivity contribution is 0.0236. The van der Waals surface area contributed by atoms with E-state index in [1.165, 1.54) is 0 Å². The van der Waals surface area contributed by atoms with Crippen molar-refractivity contribution < 1.29 is 14.6 Å². The normalized spacial score (nSPS) is 12.9. The number of carbonyl (C=O) groups excluding carboxylic acids is 1. The molecule has 0 aliphatic carbocycles. The number of phenols is 1. The molecule has 4 heteroatoms. The molecule has 0 spiro atoms. The fraction of sp³-hybridized carbons (Fsp3) is 0.533. The van der Waals surface area contributed by atoms with Crippen molar-refractivity contribution in [2.24, 2.45) is 0 Å². The fourth-order valence-corrected chi connectivity index (χ4v) is 1.62. The van der Waals surface area contributed by atoms with Crippen LogP contribution in [0.4, 0.5) is 4.79 Å². The highest BCUT2D eigenvalue weighted by atomic mass is 16.6. The molecule has 1 amide bonds. The van der Waals surface area contributed by atoms with Crippen molar-refractivity contribution in [1.29, 1.82) is 0 Å². The maximum Gasteiger partial charge on any atom is 0.410 e. The summed E-state index contributed by atoms with van der Waals surface area (Å²) in [5.74, 6) is 0.247. The molecule has 0 aliphatic rings. The van der Waals surface area contributed by atoms with Gasteiger partial charge in [-0.1, -0.05) is 12.1 Å². The Kier molecular flexibility index (Phi) is 4.81. The number of nitrogens with zero attached hydrogens (tertiary/aromatic N) is 1. The summed E-state index contributed by atoms with van der Waals surface area (Å²) in [5, 5.41) is 9.23. The molecule has 0 aliphatic heterocycles. The van der Waals surface area contributed by atoms with Crippen LogP contribution >= 0.6 is 0 Å². The number of ether oxygens (including phenoxy) is 1. The van der Waals surface area contributed by atoms with E-state index in [1.807, 2.05) is 39.8 Å². The monoisotopic (exact) mass is 265 g/mol. The molecule has 1 aromatic carbocycles. The van der Waals surface area contributed by atoms with Crippen LogP contribution in [0, 0.1) is 0 Å². The Morgan fingerprint density at radius 3 is 2.32 bits per heavy atom. The highest BCUT2D eigenvalue weighted by Crippen LogP contribution is 2.15. The molecule has 1 rings (SSSR count). The Labute approximate surface area is 115 Å². The van der Waals surface area contributed by atoms with Gasteiger partial charge in [-0.05, 0) is 51.8 Å². The number of benzene rings is 1. The van der Waals surface area contributed by atoms with Crippen molar-refractivity contribution in [3.8, 4) is 5.75 Å². The first kappa shape index (κ1) is 15.3. The zero-order valence-electron chi connectivity index (χ0n) is 12.3. The molecule has 0 saturated carbocycles. The lowest BCUT2D eigenvalue weighted by Crippen LogP contribution is -2.40. The molecule has 0 bridgehead atoms. The van der Waals surface area contributed by atoms with Gasteiger partial charge in [-0.15, -0.1) is 0 Å². The molecule has 19 heavy (non-hydrogen) atoms. The molecular weight excluding hydrogens is 242 g/mol. The van der Waals surface area contributed by atoms with Crippen LogP contribution in [0.3, 0.4) is 0 Å². The molecule has 0 fully saturated rings. The third-order valence-electron chi connectivity index (χ3n) is 2.81. The van der Waals surface area contributed by atoms with Crippen LogP contribution in [0.5, 0.6) is 5.75 Å². The largest absolute Gasteiger partial charge is 0.508 e. The number of rotatable bonds is 3. The molecule has 1 unspecified atom stereocenters. The number of hydrogen-bond donors (Lipinski definition) is 1. The van der Waals surface area contributed by atoms with Crippen molar-refractivity contribution in [2.45, 2.75) is 45.8 Å². The van der Waals surface area contributed by atoms with Crippen molar-refractivity contribution in [3.05, 3.63) is 29.8 Å². The standard InChI is InChI=1S/C15H23NO3/c1-11(10-12-6-8-13(17)9-7-12)16(5)14(18)19-15(2,3)4/h6-9,11,17H,10H2,1-5H3. The summed E-state index contributed by atoms with van der Waals surface area (Å²) in [6, 6.07) is 7.04. The molecule has 0 heterocycles. The van der Waals surface area contributed by atoms with Gasteiger partial charge in [0.25, 0.3) is 0 Å². The molecule has 0 radical (unpaired) electrons. The van der Waals surface area contributed by atoms with Gasteiger partial charge >= 0.3 is 6.09 Å². The van der Waals surface area contributed by atoms with Gasteiger partial charge in [0, 0.05) is 13.1 Å². The lowest BCUT2D eigenvalue weighted by atomic mass is 10.1. The number of hydrogen-bond acceptors (Lipinski definition) is 3. The molecule has 1 aromatic rings. The minimum atomic E-state index is -0.483. The summed E-state index contributed by atoms with van der Waals surface area (Å²) in [5.41, 5.74) is 0.588. The SMILES string of the molecule is CC(Cc1ccc(O)cc1)N(C)C(=O)OC(C)(C)C. The molecule has 0 saturated heterocycles. The van der Waals surface area contributed by atoms with Crippen LogP contribution in [-0.4, -0.2) is 34.8 Å². The van der Waals surface area contributed by atoms with Gasteiger partial charge in [-0.3, -0.25) is 0 Å². The first-order chi connectivity index (χ1) is 8.69. The van der Waals surface area contributed by atoms with E-state index in [0.717, 1.165) is 12.0 Å². The van der Waals surface area contributed by atoms with E-state index in [1.54, 1.807) is 24.1 Å². The van der Waals surface area contributed by atoms with Crippen molar-refractivity contribution >= 4 is 6.09 Å². The van der Waals surface area contributed by atoms with Crippen molar-refractivity contribution in [3.63, 3.8) is 0 Å². The number of aromatic hydroxyl groups is 1. The molecule has 0 aromatic heterocycles. The minimum Gasteiger partial charge on any atom is -0.508 e. The van der Waals surface area contributed by atoms with E-state index in [-0.39, 0.29) is 17.9 Å². The van der Waals surface area contributed by atoms with Crippen LogP contribution in [0.15, 0.2) is 24.3 Å². The van der Waals surface area contributed by atoms with Gasteiger partial charge in [0.2, 0.25) is 0 Å². The average molecular weight is 265 g/mol. The smallest absolute Gasteiger partial charge is 0.410 e. The summed E-state index contributed by atoms with van der Waals surface area (Å²) in [7, 11) is 1.74. The summed E-state index contributed by atoms with van der Waals surface area (Å²) >= 11 is 0. The Balaban J connectivity index is 2.59. The van der Waals surface area contributed by atoms with E-state index in [0.29, 0.717) is 0 Å². The minimum absolute atomic E-state index is 0.0272. The zero-order valence-corrected chi connectivity index (χ0v) is 12.3. The second-order valence-corrected chi connectivity index (χ2v) is 5.81. The summed E-state index contributed by atoms with van der Waals surface area (Å²) < 4.78 is 5.32. The van der Waals surface area contributed by atoms with E-state index >= 15 is 0 Å². The summed E-state index contributed by atoms with van der Waals surface area (Å²) in [4.78, 5) is 13.5. The Hall–Kier alpha value is -1.71. The Morgan fingerprint density at radius 1 is 1.32 bits per heavy atom. The van der Waals surface area contributed by atoms with E-state index < -0.39 is 5.60 Å². The third kappa shape index (κ3) is 5.20. The Bertz CT molecular complexity index is 420. The molecule has 1 N–H and O–H groups in total. The predicted molar refractivity (Wildman–Crippen MR) is 75.3 cm³/mol. The first-order valence-corrected chi connectivity index (χ1v) is 6.43. The van der Waals surface area contributed by atoms with Gasteiger partial charge in [-0.25, -0.2) is 4.79 Å².